The maximum atomic E-state index is 11.6. The molecule has 1 aliphatic carbocycles. The summed E-state index contributed by atoms with van der Waals surface area (Å²) in [7, 11) is 2.20. The Labute approximate surface area is 216 Å². The summed E-state index contributed by atoms with van der Waals surface area (Å²) in [6.07, 6.45) is 10.8. The van der Waals surface area contributed by atoms with Crippen molar-refractivity contribution in [2.45, 2.75) is 25.8 Å². The Kier molecular flexibility index (Phi) is 6.50. The molecule has 0 bridgehead atoms. The van der Waals surface area contributed by atoms with Gasteiger partial charge in [-0.25, -0.2) is 15.4 Å². The van der Waals surface area contributed by atoms with Crippen molar-refractivity contribution in [2.24, 2.45) is 0 Å². The number of carbonyl (C=O) groups is 1. The van der Waals surface area contributed by atoms with Crippen molar-refractivity contribution >= 4 is 28.3 Å². The van der Waals surface area contributed by atoms with Crippen LogP contribution in [0.5, 0.6) is 0 Å². The van der Waals surface area contributed by atoms with Crippen LogP contribution in [0.4, 0.5) is 5.95 Å². The number of nitrogens with zero attached hydrogens (tertiary/aromatic N) is 5. The molecule has 3 aromatic rings. The average molecular weight is 500 g/mol. The van der Waals surface area contributed by atoms with Crippen LogP contribution in [0.15, 0.2) is 48.3 Å². The molecule has 0 spiro atoms. The van der Waals surface area contributed by atoms with E-state index >= 15 is 0 Å². The molecule has 9 nitrogen and oxygen atoms in total. The topological polar surface area (TPSA) is 101 Å². The lowest BCUT2D eigenvalue weighted by Crippen LogP contribution is -2.45. The summed E-state index contributed by atoms with van der Waals surface area (Å²) in [6.45, 7) is 7.04. The number of anilines is 1. The molecule has 2 aliphatic heterocycles. The molecule has 1 saturated heterocycles. The second-order valence-electron chi connectivity index (χ2n) is 10.2. The van der Waals surface area contributed by atoms with E-state index in [4.69, 9.17) is 5.21 Å². The normalized spacial score (nSPS) is 18.9. The van der Waals surface area contributed by atoms with E-state index in [0.717, 1.165) is 64.0 Å². The zero-order valence-corrected chi connectivity index (χ0v) is 21.2. The van der Waals surface area contributed by atoms with Crippen LogP contribution in [-0.2, 0) is 13.0 Å². The van der Waals surface area contributed by atoms with Crippen molar-refractivity contribution in [3.63, 3.8) is 0 Å². The molecular formula is C28H33N7O2. The summed E-state index contributed by atoms with van der Waals surface area (Å²) in [4.78, 5) is 31.0. The fourth-order valence-corrected chi connectivity index (χ4v) is 5.67. The van der Waals surface area contributed by atoms with Crippen LogP contribution >= 0.6 is 0 Å². The summed E-state index contributed by atoms with van der Waals surface area (Å²) in [6, 6.07) is 6.84. The third-order valence-corrected chi connectivity index (χ3v) is 7.81. The van der Waals surface area contributed by atoms with Gasteiger partial charge in [0.05, 0.1) is 12.1 Å². The second kappa shape index (κ2) is 10.1. The molecule has 3 N–H and O–H groups in total. The molecular weight excluding hydrogens is 466 g/mol. The standard InChI is InChI=1S/C28H33N7O2/c1-33-10-12-34(13-11-33)17-20-4-2-3-5-22(20)19-6-7-25-24(14-19)23-8-9-35(18-26(23)31-25)28-29-15-21(16-30-28)27(36)32-37/h4-7,14-16,31,37H,2-3,8-13,17-18H2,1H3,(H,32,36). The minimum atomic E-state index is -0.617. The number of benzene rings is 1. The van der Waals surface area contributed by atoms with Gasteiger partial charge < -0.3 is 14.8 Å². The molecule has 192 valence electrons. The first kappa shape index (κ1) is 23.8. The molecule has 0 saturated carbocycles. The minimum absolute atomic E-state index is 0.222. The van der Waals surface area contributed by atoms with Gasteiger partial charge in [0.1, 0.15) is 0 Å². The maximum Gasteiger partial charge on any atom is 0.277 e. The van der Waals surface area contributed by atoms with Gasteiger partial charge in [0, 0.05) is 68.3 Å². The SMILES string of the molecule is CN1CCN(CC2=CCCC=C2c2ccc3[nH]c4c(c3c2)CCN(c2ncc(C(=O)NO)cn2)C4)CC1. The molecule has 9 heteroatoms. The number of likely N-dealkylation sites (N-methyl/N-ethyl adjacent to an activating group) is 1. The lowest BCUT2D eigenvalue weighted by molar-refractivity contribution is 0.0705. The van der Waals surface area contributed by atoms with Gasteiger partial charge in [-0.05, 0) is 60.7 Å². The molecule has 0 radical (unpaired) electrons. The molecule has 1 amide bonds. The Morgan fingerprint density at radius 2 is 1.86 bits per heavy atom. The fraction of sp³-hybridized carbons (Fsp3) is 0.393. The van der Waals surface area contributed by atoms with Gasteiger partial charge in [-0.15, -0.1) is 0 Å². The first-order chi connectivity index (χ1) is 18.1. The van der Waals surface area contributed by atoms with Crippen molar-refractivity contribution in [2.75, 3.05) is 51.2 Å². The third-order valence-electron chi connectivity index (χ3n) is 7.81. The number of aromatic amines is 1. The van der Waals surface area contributed by atoms with Crippen molar-refractivity contribution in [3.05, 3.63) is 70.7 Å². The Bertz CT molecular complexity index is 1370. The first-order valence-electron chi connectivity index (χ1n) is 13.0. The summed E-state index contributed by atoms with van der Waals surface area (Å²) in [5.41, 5.74) is 9.70. The van der Waals surface area contributed by atoms with Crippen LogP contribution in [0.2, 0.25) is 0 Å². The summed E-state index contributed by atoms with van der Waals surface area (Å²) >= 11 is 0. The van der Waals surface area contributed by atoms with E-state index in [1.54, 1.807) is 5.48 Å². The molecule has 3 aliphatic rings. The number of hydrogen-bond acceptors (Lipinski definition) is 7. The smallest absolute Gasteiger partial charge is 0.277 e. The highest BCUT2D eigenvalue weighted by Gasteiger charge is 2.24. The average Bonchev–Trinajstić information content (AvgIpc) is 3.31. The van der Waals surface area contributed by atoms with E-state index in [-0.39, 0.29) is 5.56 Å². The molecule has 1 fully saturated rings. The van der Waals surface area contributed by atoms with E-state index in [0.29, 0.717) is 12.5 Å². The molecule has 37 heavy (non-hydrogen) atoms. The number of aromatic nitrogens is 3. The van der Waals surface area contributed by atoms with Crippen molar-refractivity contribution in [1.82, 2.24) is 30.2 Å². The van der Waals surface area contributed by atoms with Crippen LogP contribution in [0.25, 0.3) is 16.5 Å². The number of amides is 1. The lowest BCUT2D eigenvalue weighted by Gasteiger charge is -2.33. The highest BCUT2D eigenvalue weighted by molar-refractivity contribution is 5.93. The number of allylic oxidation sites excluding steroid dienone is 2. The number of fused-ring (bicyclic) bond motifs is 3. The van der Waals surface area contributed by atoms with Gasteiger partial charge in [-0.2, -0.15) is 0 Å². The van der Waals surface area contributed by atoms with E-state index in [2.05, 4.69) is 67.1 Å². The molecule has 4 heterocycles. The molecule has 2 aromatic heterocycles. The number of nitrogens with one attached hydrogen (secondary N) is 2. The zero-order chi connectivity index (χ0) is 25.4. The largest absolute Gasteiger partial charge is 0.357 e. The van der Waals surface area contributed by atoms with Crippen LogP contribution in [-0.4, -0.2) is 82.2 Å². The van der Waals surface area contributed by atoms with Gasteiger partial charge >= 0.3 is 0 Å². The zero-order valence-electron chi connectivity index (χ0n) is 21.2. The lowest BCUT2D eigenvalue weighted by atomic mass is 9.90. The second-order valence-corrected chi connectivity index (χ2v) is 10.2. The van der Waals surface area contributed by atoms with E-state index in [9.17, 15) is 4.79 Å². The summed E-state index contributed by atoms with van der Waals surface area (Å²) in [5, 5.41) is 10.1. The predicted molar refractivity (Wildman–Crippen MR) is 144 cm³/mol. The molecule has 6 rings (SSSR count). The van der Waals surface area contributed by atoms with Gasteiger partial charge in [-0.3, -0.25) is 14.9 Å². The molecule has 0 atom stereocenters. The minimum Gasteiger partial charge on any atom is -0.357 e. The number of rotatable bonds is 5. The van der Waals surface area contributed by atoms with E-state index < -0.39 is 5.91 Å². The number of piperazine rings is 1. The van der Waals surface area contributed by atoms with E-state index in [1.165, 1.54) is 45.7 Å². The van der Waals surface area contributed by atoms with Crippen molar-refractivity contribution < 1.29 is 10.0 Å². The Hall–Kier alpha value is -3.53. The Morgan fingerprint density at radius 1 is 1.08 bits per heavy atom. The van der Waals surface area contributed by atoms with Crippen LogP contribution in [0.3, 0.4) is 0 Å². The van der Waals surface area contributed by atoms with Gasteiger partial charge in [0.25, 0.3) is 5.91 Å². The highest BCUT2D eigenvalue weighted by atomic mass is 16.5. The van der Waals surface area contributed by atoms with Crippen LogP contribution in [0.1, 0.15) is 40.0 Å². The number of hydroxylamine groups is 1. The monoisotopic (exact) mass is 499 g/mol. The number of carbonyl (C=O) groups excluding carboxylic acids is 1. The fourth-order valence-electron chi connectivity index (χ4n) is 5.67. The Morgan fingerprint density at radius 3 is 2.65 bits per heavy atom. The van der Waals surface area contributed by atoms with Gasteiger partial charge in [0.2, 0.25) is 5.95 Å². The molecule has 1 aromatic carbocycles. The predicted octanol–water partition coefficient (Wildman–Crippen LogP) is 2.99. The maximum absolute atomic E-state index is 11.6. The quantitative estimate of drug-likeness (QED) is 0.367. The highest BCUT2D eigenvalue weighted by Crippen LogP contribution is 2.34. The number of H-pyrrole nitrogens is 1. The first-order valence-corrected chi connectivity index (χ1v) is 13.0. The van der Waals surface area contributed by atoms with Gasteiger partial charge in [-0.1, -0.05) is 18.2 Å². The summed E-state index contributed by atoms with van der Waals surface area (Å²) < 4.78 is 0. The third kappa shape index (κ3) is 4.77. The Balaban J connectivity index is 1.22. The van der Waals surface area contributed by atoms with Gasteiger partial charge in [0.15, 0.2) is 0 Å². The summed E-state index contributed by atoms with van der Waals surface area (Å²) in [5.74, 6) is -0.0425. The van der Waals surface area contributed by atoms with Crippen molar-refractivity contribution in [1.29, 1.82) is 0 Å². The van der Waals surface area contributed by atoms with Crippen LogP contribution < -0.4 is 10.4 Å². The van der Waals surface area contributed by atoms with Crippen molar-refractivity contribution in [3.8, 4) is 0 Å². The molecule has 0 unspecified atom stereocenters. The number of hydrogen-bond donors (Lipinski definition) is 3. The van der Waals surface area contributed by atoms with Crippen LogP contribution in [0, 0.1) is 0 Å². The van der Waals surface area contributed by atoms with E-state index in [1.807, 2.05) is 0 Å².